The summed E-state index contributed by atoms with van der Waals surface area (Å²) in [5, 5.41) is 3.63. The van der Waals surface area contributed by atoms with Crippen LogP contribution in [0.2, 0.25) is 0 Å². The second-order valence-electron chi connectivity index (χ2n) is 7.41. The van der Waals surface area contributed by atoms with Crippen molar-refractivity contribution < 1.29 is 4.74 Å². The summed E-state index contributed by atoms with van der Waals surface area (Å²) in [4.78, 5) is 0. The van der Waals surface area contributed by atoms with E-state index in [-0.39, 0.29) is 0 Å². The van der Waals surface area contributed by atoms with Crippen molar-refractivity contribution in [3.05, 3.63) is 28.8 Å². The van der Waals surface area contributed by atoms with Gasteiger partial charge in [0.2, 0.25) is 0 Å². The molecular formula is C19H31NO. The highest BCUT2D eigenvalue weighted by molar-refractivity contribution is 5.43. The number of methoxy groups -OCH3 is 1. The first-order valence-electron chi connectivity index (χ1n) is 8.29. The summed E-state index contributed by atoms with van der Waals surface area (Å²) in [6.07, 6.45) is 6.42. The van der Waals surface area contributed by atoms with Crippen LogP contribution in [0.3, 0.4) is 0 Å². The van der Waals surface area contributed by atoms with Gasteiger partial charge in [-0.3, -0.25) is 0 Å². The van der Waals surface area contributed by atoms with Crippen LogP contribution in [0, 0.1) is 19.3 Å². The number of benzene rings is 1. The van der Waals surface area contributed by atoms with Crippen molar-refractivity contribution in [2.75, 3.05) is 13.7 Å². The van der Waals surface area contributed by atoms with Crippen LogP contribution in [0.25, 0.3) is 0 Å². The van der Waals surface area contributed by atoms with E-state index in [0.29, 0.717) is 5.41 Å². The summed E-state index contributed by atoms with van der Waals surface area (Å²) in [5.74, 6) is 1.03. The van der Waals surface area contributed by atoms with Crippen molar-refractivity contribution in [1.29, 1.82) is 0 Å². The first kappa shape index (κ1) is 16.4. The summed E-state index contributed by atoms with van der Waals surface area (Å²) < 4.78 is 5.45. The van der Waals surface area contributed by atoms with E-state index in [2.05, 4.69) is 45.1 Å². The van der Waals surface area contributed by atoms with E-state index in [0.717, 1.165) is 18.2 Å². The molecule has 21 heavy (non-hydrogen) atoms. The molecule has 0 heterocycles. The third-order valence-corrected chi connectivity index (χ3v) is 4.63. The number of rotatable bonds is 8. The molecular weight excluding hydrogens is 258 g/mol. The van der Waals surface area contributed by atoms with E-state index in [1.807, 2.05) is 0 Å². The maximum absolute atomic E-state index is 5.45. The molecule has 1 aromatic rings. The fourth-order valence-electron chi connectivity index (χ4n) is 3.02. The Morgan fingerprint density at radius 2 is 1.76 bits per heavy atom. The molecule has 2 heteroatoms. The molecule has 0 aromatic heterocycles. The molecule has 1 aliphatic carbocycles. The van der Waals surface area contributed by atoms with Crippen molar-refractivity contribution in [2.24, 2.45) is 5.41 Å². The lowest BCUT2D eigenvalue weighted by Crippen LogP contribution is -2.24. The molecule has 1 fully saturated rings. The highest BCUT2D eigenvalue weighted by Crippen LogP contribution is 2.30. The van der Waals surface area contributed by atoms with Crippen LogP contribution in [-0.4, -0.2) is 19.7 Å². The van der Waals surface area contributed by atoms with E-state index in [4.69, 9.17) is 4.74 Å². The summed E-state index contributed by atoms with van der Waals surface area (Å²) in [5.41, 5.74) is 4.35. The Kier molecular flexibility index (Phi) is 5.32. The third kappa shape index (κ3) is 5.03. The zero-order chi connectivity index (χ0) is 15.5. The minimum atomic E-state index is 0.406. The lowest BCUT2D eigenvalue weighted by Gasteiger charge is -2.25. The first-order valence-corrected chi connectivity index (χ1v) is 8.29. The smallest absolute Gasteiger partial charge is 0.124 e. The fraction of sp³-hybridized carbons (Fsp3) is 0.684. The summed E-state index contributed by atoms with van der Waals surface area (Å²) in [7, 11) is 1.75. The highest BCUT2D eigenvalue weighted by Gasteiger charge is 2.22. The van der Waals surface area contributed by atoms with Crippen molar-refractivity contribution in [3.63, 3.8) is 0 Å². The van der Waals surface area contributed by atoms with Crippen molar-refractivity contribution in [3.8, 4) is 5.75 Å². The molecule has 1 saturated carbocycles. The lowest BCUT2D eigenvalue weighted by atomic mass is 9.83. The Morgan fingerprint density at radius 1 is 1.14 bits per heavy atom. The zero-order valence-electron chi connectivity index (χ0n) is 14.4. The summed E-state index contributed by atoms with van der Waals surface area (Å²) in [6, 6.07) is 5.39. The van der Waals surface area contributed by atoms with Gasteiger partial charge in [0, 0.05) is 6.04 Å². The van der Waals surface area contributed by atoms with Crippen LogP contribution in [0.4, 0.5) is 0 Å². The van der Waals surface area contributed by atoms with Crippen LogP contribution < -0.4 is 10.1 Å². The molecule has 0 atom stereocenters. The Hall–Kier alpha value is -1.02. The van der Waals surface area contributed by atoms with Gasteiger partial charge in [0.05, 0.1) is 7.11 Å². The largest absolute Gasteiger partial charge is 0.496 e. The van der Waals surface area contributed by atoms with Crippen LogP contribution in [-0.2, 0) is 6.42 Å². The van der Waals surface area contributed by atoms with Gasteiger partial charge in [0.1, 0.15) is 5.75 Å². The zero-order valence-corrected chi connectivity index (χ0v) is 14.4. The van der Waals surface area contributed by atoms with E-state index in [9.17, 15) is 0 Å². The van der Waals surface area contributed by atoms with E-state index < -0.39 is 0 Å². The molecule has 0 spiro atoms. The fourth-order valence-corrected chi connectivity index (χ4v) is 3.02. The molecule has 0 unspecified atom stereocenters. The van der Waals surface area contributed by atoms with Crippen LogP contribution in [0.15, 0.2) is 12.1 Å². The quantitative estimate of drug-likeness (QED) is 0.765. The predicted molar refractivity (Wildman–Crippen MR) is 90.2 cm³/mol. The Labute approximate surface area is 130 Å². The minimum Gasteiger partial charge on any atom is -0.496 e. The molecule has 0 amide bonds. The van der Waals surface area contributed by atoms with Crippen LogP contribution in [0.1, 0.15) is 56.2 Å². The lowest BCUT2D eigenvalue weighted by molar-refractivity contribution is 0.302. The third-order valence-electron chi connectivity index (χ3n) is 4.63. The number of nitrogens with one attached hydrogen (secondary N) is 1. The SMILES string of the molecule is COc1c(C)cc(CCC(C)(C)CCNC2CC2)cc1C. The van der Waals surface area contributed by atoms with Crippen LogP contribution >= 0.6 is 0 Å². The second kappa shape index (κ2) is 6.83. The molecule has 0 aliphatic heterocycles. The van der Waals surface area contributed by atoms with Crippen molar-refractivity contribution in [1.82, 2.24) is 5.32 Å². The number of aryl methyl sites for hydroxylation is 3. The van der Waals surface area contributed by atoms with Gasteiger partial charge in [-0.1, -0.05) is 26.0 Å². The van der Waals surface area contributed by atoms with Crippen molar-refractivity contribution >= 4 is 0 Å². The van der Waals surface area contributed by atoms with E-state index in [1.54, 1.807) is 7.11 Å². The van der Waals surface area contributed by atoms with Crippen LogP contribution in [0.5, 0.6) is 5.75 Å². The highest BCUT2D eigenvalue weighted by atomic mass is 16.5. The molecule has 1 aliphatic rings. The average molecular weight is 289 g/mol. The molecule has 2 nitrogen and oxygen atoms in total. The predicted octanol–water partition coefficient (Wildman–Crippen LogP) is 4.41. The van der Waals surface area contributed by atoms with Gasteiger partial charge in [0.25, 0.3) is 0 Å². The van der Waals surface area contributed by atoms with E-state index in [1.165, 1.54) is 48.9 Å². The number of hydrogen-bond donors (Lipinski definition) is 1. The Bertz CT molecular complexity index is 451. The minimum absolute atomic E-state index is 0.406. The molecule has 1 N–H and O–H groups in total. The van der Waals surface area contributed by atoms with E-state index >= 15 is 0 Å². The van der Waals surface area contributed by atoms with Crippen molar-refractivity contribution in [2.45, 2.75) is 65.8 Å². The summed E-state index contributed by atoms with van der Waals surface area (Å²) in [6.45, 7) is 10.2. The average Bonchev–Trinajstić information content (AvgIpc) is 3.20. The van der Waals surface area contributed by atoms with Gasteiger partial charge in [-0.2, -0.15) is 0 Å². The maximum Gasteiger partial charge on any atom is 0.124 e. The molecule has 0 radical (unpaired) electrons. The molecule has 2 rings (SSSR count). The molecule has 1 aromatic carbocycles. The number of hydrogen-bond acceptors (Lipinski definition) is 2. The molecule has 0 saturated heterocycles. The van der Waals surface area contributed by atoms with Gasteiger partial charge in [-0.25, -0.2) is 0 Å². The van der Waals surface area contributed by atoms with Gasteiger partial charge in [-0.15, -0.1) is 0 Å². The monoisotopic (exact) mass is 289 g/mol. The normalized spacial score (nSPS) is 15.3. The van der Waals surface area contributed by atoms with Gasteiger partial charge in [0.15, 0.2) is 0 Å². The number of ether oxygens (including phenoxy) is 1. The van der Waals surface area contributed by atoms with Gasteiger partial charge in [-0.05, 0) is 74.6 Å². The summed E-state index contributed by atoms with van der Waals surface area (Å²) >= 11 is 0. The van der Waals surface area contributed by atoms with Gasteiger partial charge < -0.3 is 10.1 Å². The molecule has 0 bridgehead atoms. The maximum atomic E-state index is 5.45. The van der Waals surface area contributed by atoms with Gasteiger partial charge >= 0.3 is 0 Å². The topological polar surface area (TPSA) is 21.3 Å². The standard InChI is InChI=1S/C19H31NO/c1-14-12-16(13-15(2)18(14)21-5)8-9-19(3,4)10-11-20-17-6-7-17/h12-13,17,20H,6-11H2,1-5H3. The molecule has 118 valence electrons. The second-order valence-corrected chi connectivity index (χ2v) is 7.41. The Balaban J connectivity index is 1.85. The Morgan fingerprint density at radius 3 is 2.29 bits per heavy atom. The first-order chi connectivity index (χ1) is 9.91.